The Bertz CT molecular complexity index is 394. The highest BCUT2D eigenvalue weighted by Crippen LogP contribution is 2.42. The van der Waals surface area contributed by atoms with E-state index in [0.29, 0.717) is 0 Å². The van der Waals surface area contributed by atoms with Crippen molar-refractivity contribution < 1.29 is 27.8 Å². The molecule has 0 saturated carbocycles. The zero-order chi connectivity index (χ0) is 13.1. The largest absolute Gasteiger partial charge is 0.477 e. The van der Waals surface area contributed by atoms with E-state index in [1.807, 2.05) is 0 Å². The predicted octanol–water partition coefficient (Wildman–Crippen LogP) is 2.57. The summed E-state index contributed by atoms with van der Waals surface area (Å²) in [6, 6.07) is 6.23. The first-order chi connectivity index (χ1) is 7.86. The lowest BCUT2D eigenvalue weighted by Crippen LogP contribution is -2.49. The molecule has 1 atom stereocenters. The van der Waals surface area contributed by atoms with Gasteiger partial charge < -0.3 is 9.84 Å². The summed E-state index contributed by atoms with van der Waals surface area (Å²) >= 11 is 0. The summed E-state index contributed by atoms with van der Waals surface area (Å²) in [5, 5.41) is 8.39. The van der Waals surface area contributed by atoms with Crippen molar-refractivity contribution in [2.45, 2.75) is 18.7 Å². The number of rotatable bonds is 5. The van der Waals surface area contributed by atoms with E-state index < -0.39 is 23.3 Å². The summed E-state index contributed by atoms with van der Waals surface area (Å²) in [6.45, 7) is 0.920. The second-order valence-electron chi connectivity index (χ2n) is 3.27. The van der Waals surface area contributed by atoms with Gasteiger partial charge in [0.25, 0.3) is 0 Å². The number of carboxylic acids is 1. The smallest absolute Gasteiger partial charge is 0.404 e. The van der Waals surface area contributed by atoms with Gasteiger partial charge in [-0.2, -0.15) is 13.2 Å². The summed E-state index contributed by atoms with van der Waals surface area (Å²) in [6.07, 6.45) is 0. The fourth-order valence-corrected chi connectivity index (χ4v) is 1.34. The molecular formula is C11H11F3O3. The van der Waals surface area contributed by atoms with E-state index in [1.165, 1.54) is 25.1 Å². The first-order valence-electron chi connectivity index (χ1n) is 4.86. The highest BCUT2D eigenvalue weighted by atomic mass is 19.3. The van der Waals surface area contributed by atoms with Crippen LogP contribution in [0.5, 0.6) is 0 Å². The number of hydrogen-bond acceptors (Lipinski definition) is 2. The Morgan fingerprint density at radius 1 is 1.29 bits per heavy atom. The molecule has 0 aliphatic heterocycles. The standard InChI is InChI=1S/C11H11F3O3/c1-2-17-11(14,10(12,13)9(15)16)8-6-4-3-5-7-8/h3-7H,2H2,1H3,(H,15,16). The molecule has 1 unspecified atom stereocenters. The Labute approximate surface area is 95.8 Å². The van der Waals surface area contributed by atoms with Gasteiger partial charge in [-0.25, -0.2) is 4.79 Å². The fourth-order valence-electron chi connectivity index (χ4n) is 1.34. The molecule has 0 aliphatic rings. The van der Waals surface area contributed by atoms with Crippen LogP contribution in [-0.4, -0.2) is 23.6 Å². The molecule has 0 fully saturated rings. The van der Waals surface area contributed by atoms with Crippen molar-refractivity contribution >= 4 is 5.97 Å². The van der Waals surface area contributed by atoms with Gasteiger partial charge in [-0.3, -0.25) is 0 Å². The van der Waals surface area contributed by atoms with Crippen molar-refractivity contribution in [3.05, 3.63) is 35.9 Å². The van der Waals surface area contributed by atoms with Crippen LogP contribution in [0.25, 0.3) is 0 Å². The van der Waals surface area contributed by atoms with Crippen molar-refractivity contribution in [3.8, 4) is 0 Å². The summed E-state index contributed by atoms with van der Waals surface area (Å²) in [4.78, 5) is 10.4. The maximum Gasteiger partial charge on any atom is 0.404 e. The number of aliphatic carboxylic acids is 1. The van der Waals surface area contributed by atoms with E-state index in [9.17, 15) is 18.0 Å². The molecule has 6 heteroatoms. The maximum atomic E-state index is 14.2. The Balaban J connectivity index is 3.28. The molecule has 1 aromatic rings. The van der Waals surface area contributed by atoms with Gasteiger partial charge in [-0.05, 0) is 6.92 Å². The van der Waals surface area contributed by atoms with Crippen LogP contribution in [0.3, 0.4) is 0 Å². The normalized spacial score (nSPS) is 15.3. The van der Waals surface area contributed by atoms with E-state index in [-0.39, 0.29) is 6.61 Å². The minimum Gasteiger partial charge on any atom is -0.477 e. The number of hydrogen-bond donors (Lipinski definition) is 1. The van der Waals surface area contributed by atoms with Crippen LogP contribution in [0.4, 0.5) is 13.2 Å². The van der Waals surface area contributed by atoms with Gasteiger partial charge >= 0.3 is 17.7 Å². The number of ether oxygens (including phenoxy) is 1. The molecule has 0 bridgehead atoms. The molecule has 1 N–H and O–H groups in total. The van der Waals surface area contributed by atoms with Crippen LogP contribution < -0.4 is 0 Å². The molecule has 1 aromatic carbocycles. The lowest BCUT2D eigenvalue weighted by molar-refractivity contribution is -0.281. The quantitative estimate of drug-likeness (QED) is 0.871. The minimum absolute atomic E-state index is 0.381. The lowest BCUT2D eigenvalue weighted by atomic mass is 10.0. The van der Waals surface area contributed by atoms with Crippen molar-refractivity contribution in [2.24, 2.45) is 0 Å². The fraction of sp³-hybridized carbons (Fsp3) is 0.364. The van der Waals surface area contributed by atoms with Crippen LogP contribution in [0.15, 0.2) is 30.3 Å². The second-order valence-corrected chi connectivity index (χ2v) is 3.27. The molecule has 0 heterocycles. The molecule has 0 spiro atoms. The zero-order valence-corrected chi connectivity index (χ0v) is 8.99. The molecule has 0 radical (unpaired) electrons. The van der Waals surface area contributed by atoms with Crippen molar-refractivity contribution in [1.29, 1.82) is 0 Å². The van der Waals surface area contributed by atoms with Crippen LogP contribution in [0, 0.1) is 0 Å². The van der Waals surface area contributed by atoms with Gasteiger partial charge in [0.05, 0.1) is 0 Å². The Kier molecular flexibility index (Phi) is 3.77. The van der Waals surface area contributed by atoms with Gasteiger partial charge in [-0.15, -0.1) is 0 Å². The Morgan fingerprint density at radius 2 is 1.82 bits per heavy atom. The molecule has 3 nitrogen and oxygen atoms in total. The van der Waals surface area contributed by atoms with Gasteiger partial charge in [0, 0.05) is 12.2 Å². The van der Waals surface area contributed by atoms with Crippen LogP contribution in [-0.2, 0) is 15.4 Å². The van der Waals surface area contributed by atoms with Gasteiger partial charge in [0.1, 0.15) is 0 Å². The molecule has 1 rings (SSSR count). The number of halogens is 3. The highest BCUT2D eigenvalue weighted by molar-refractivity contribution is 5.77. The maximum absolute atomic E-state index is 14.2. The van der Waals surface area contributed by atoms with Gasteiger partial charge in [0.2, 0.25) is 0 Å². The monoisotopic (exact) mass is 248 g/mol. The number of alkyl halides is 3. The number of carboxylic acid groups (broad SMARTS) is 1. The molecule has 0 saturated heterocycles. The third kappa shape index (κ3) is 2.26. The van der Waals surface area contributed by atoms with Crippen LogP contribution >= 0.6 is 0 Å². The summed E-state index contributed by atoms with van der Waals surface area (Å²) in [5.74, 6) is -10.9. The molecule has 0 amide bonds. The Morgan fingerprint density at radius 3 is 2.24 bits per heavy atom. The third-order valence-corrected chi connectivity index (χ3v) is 2.16. The van der Waals surface area contributed by atoms with Crippen molar-refractivity contribution in [2.75, 3.05) is 6.61 Å². The summed E-state index contributed by atoms with van der Waals surface area (Å²) < 4.78 is 45.3. The first-order valence-corrected chi connectivity index (χ1v) is 4.86. The van der Waals surface area contributed by atoms with E-state index in [4.69, 9.17) is 5.11 Å². The lowest BCUT2D eigenvalue weighted by Gasteiger charge is -2.30. The number of carbonyl (C=O) groups is 1. The van der Waals surface area contributed by atoms with E-state index in [1.54, 1.807) is 0 Å². The van der Waals surface area contributed by atoms with E-state index in [2.05, 4.69) is 4.74 Å². The molecule has 17 heavy (non-hydrogen) atoms. The van der Waals surface area contributed by atoms with Gasteiger partial charge in [0.15, 0.2) is 0 Å². The van der Waals surface area contributed by atoms with Gasteiger partial charge in [-0.1, -0.05) is 30.3 Å². The number of benzene rings is 1. The molecular weight excluding hydrogens is 237 g/mol. The minimum atomic E-state index is -4.66. The SMILES string of the molecule is CCOC(F)(c1ccccc1)C(F)(F)C(=O)O. The zero-order valence-electron chi connectivity index (χ0n) is 8.99. The van der Waals surface area contributed by atoms with E-state index >= 15 is 0 Å². The molecule has 0 aliphatic carbocycles. The average Bonchev–Trinajstić information content (AvgIpc) is 2.30. The topological polar surface area (TPSA) is 46.5 Å². The van der Waals surface area contributed by atoms with Crippen LogP contribution in [0.1, 0.15) is 12.5 Å². The van der Waals surface area contributed by atoms with Crippen LogP contribution in [0.2, 0.25) is 0 Å². The Hall–Kier alpha value is -1.56. The third-order valence-electron chi connectivity index (χ3n) is 2.16. The van der Waals surface area contributed by atoms with E-state index in [0.717, 1.165) is 12.1 Å². The van der Waals surface area contributed by atoms with Crippen molar-refractivity contribution in [3.63, 3.8) is 0 Å². The summed E-state index contributed by atoms with van der Waals surface area (Å²) in [7, 11) is 0. The first kappa shape index (κ1) is 13.5. The molecule has 94 valence electrons. The summed E-state index contributed by atoms with van der Waals surface area (Å²) in [5.41, 5.74) is -0.533. The molecule has 0 aromatic heterocycles. The van der Waals surface area contributed by atoms with Crippen molar-refractivity contribution in [1.82, 2.24) is 0 Å². The highest BCUT2D eigenvalue weighted by Gasteiger charge is 2.63. The average molecular weight is 248 g/mol. The second kappa shape index (κ2) is 4.75. The predicted molar refractivity (Wildman–Crippen MR) is 53.4 cm³/mol.